The van der Waals surface area contributed by atoms with Gasteiger partial charge in [-0.2, -0.15) is 5.10 Å². The highest BCUT2D eigenvalue weighted by molar-refractivity contribution is 5.94. The molecule has 2 atom stereocenters. The lowest BCUT2D eigenvalue weighted by Gasteiger charge is -2.26. The van der Waals surface area contributed by atoms with Gasteiger partial charge in [0.1, 0.15) is 0 Å². The lowest BCUT2D eigenvalue weighted by atomic mass is 9.84. The molecule has 2 rings (SSSR count). The second-order valence-electron chi connectivity index (χ2n) is 4.34. The van der Waals surface area contributed by atoms with E-state index in [2.05, 4.69) is 20.5 Å². The fourth-order valence-corrected chi connectivity index (χ4v) is 2.02. The number of amides is 1. The molecule has 1 aromatic heterocycles. The Kier molecular flexibility index (Phi) is 2.82. The highest BCUT2D eigenvalue weighted by Gasteiger charge is 2.43. The van der Waals surface area contributed by atoms with Crippen LogP contribution >= 0.6 is 0 Å². The van der Waals surface area contributed by atoms with E-state index in [9.17, 15) is 4.79 Å². The quantitative estimate of drug-likeness (QED) is 0.750. The number of carbonyl (C=O) groups excluding carboxylic acids is 1. The van der Waals surface area contributed by atoms with Gasteiger partial charge in [0.25, 0.3) is 0 Å². The first-order valence-corrected chi connectivity index (χ1v) is 5.33. The van der Waals surface area contributed by atoms with Crippen molar-refractivity contribution in [1.82, 2.24) is 15.2 Å². The smallest absolute Gasteiger partial charge is 0.249 e. The average Bonchev–Trinajstić information content (AvgIpc) is 2.62. The van der Waals surface area contributed by atoms with Crippen LogP contribution in [-0.2, 0) is 4.79 Å². The zero-order valence-electron chi connectivity index (χ0n) is 9.18. The van der Waals surface area contributed by atoms with Gasteiger partial charge in [-0.1, -0.05) is 6.42 Å². The summed E-state index contributed by atoms with van der Waals surface area (Å²) in [5.74, 6) is 0.110. The van der Waals surface area contributed by atoms with Crippen molar-refractivity contribution in [1.29, 1.82) is 0 Å². The average molecular weight is 221 g/mol. The van der Waals surface area contributed by atoms with Crippen LogP contribution in [0.3, 0.4) is 0 Å². The van der Waals surface area contributed by atoms with E-state index in [1.807, 2.05) is 6.92 Å². The van der Waals surface area contributed by atoms with Gasteiger partial charge in [0.15, 0.2) is 0 Å². The van der Waals surface area contributed by atoms with E-state index in [1.165, 1.54) is 12.4 Å². The first kappa shape index (κ1) is 10.9. The largest absolute Gasteiger partial charge is 0.327 e. The molecule has 3 N–H and O–H groups in total. The monoisotopic (exact) mass is 221 g/mol. The van der Waals surface area contributed by atoms with Crippen molar-refractivity contribution in [3.8, 4) is 0 Å². The van der Waals surface area contributed by atoms with Gasteiger partial charge in [-0.3, -0.25) is 10.1 Å². The minimum Gasteiger partial charge on any atom is -0.327 e. The number of carbonyl (C=O) groups is 1. The number of rotatable bonds is 2. The van der Waals surface area contributed by atoms with E-state index in [0.717, 1.165) is 19.3 Å². The van der Waals surface area contributed by atoms with Gasteiger partial charge in [-0.25, -0.2) is 4.98 Å². The van der Waals surface area contributed by atoms with Crippen molar-refractivity contribution >= 4 is 11.9 Å². The van der Waals surface area contributed by atoms with Crippen LogP contribution < -0.4 is 11.1 Å². The number of nitrogens with zero attached hydrogens (tertiary/aromatic N) is 3. The molecule has 1 aromatic rings. The van der Waals surface area contributed by atoms with Crippen LogP contribution in [0.4, 0.5) is 5.95 Å². The first-order valence-electron chi connectivity index (χ1n) is 5.33. The van der Waals surface area contributed by atoms with Crippen molar-refractivity contribution in [3.05, 3.63) is 12.4 Å². The van der Waals surface area contributed by atoms with Crippen molar-refractivity contribution in [2.24, 2.45) is 11.1 Å². The zero-order valence-corrected chi connectivity index (χ0v) is 9.18. The third-order valence-electron chi connectivity index (χ3n) is 3.26. The molecule has 16 heavy (non-hydrogen) atoms. The van der Waals surface area contributed by atoms with Crippen molar-refractivity contribution in [3.63, 3.8) is 0 Å². The van der Waals surface area contributed by atoms with Gasteiger partial charge in [-0.05, 0) is 19.8 Å². The minimum atomic E-state index is -0.515. The van der Waals surface area contributed by atoms with Crippen LogP contribution in [0, 0.1) is 5.41 Å². The van der Waals surface area contributed by atoms with E-state index >= 15 is 0 Å². The van der Waals surface area contributed by atoms with Crippen LogP contribution in [0.2, 0.25) is 0 Å². The fraction of sp³-hybridized carbons (Fsp3) is 0.600. The van der Waals surface area contributed by atoms with E-state index in [0.29, 0.717) is 0 Å². The van der Waals surface area contributed by atoms with E-state index in [-0.39, 0.29) is 17.9 Å². The molecule has 0 aromatic carbocycles. The topological polar surface area (TPSA) is 93.8 Å². The molecule has 1 aliphatic rings. The summed E-state index contributed by atoms with van der Waals surface area (Å²) in [6.45, 7) is 1.89. The molecule has 6 heteroatoms. The first-order chi connectivity index (χ1) is 7.63. The minimum absolute atomic E-state index is 0.0934. The molecule has 1 aliphatic carbocycles. The maximum absolute atomic E-state index is 12.0. The molecule has 0 saturated heterocycles. The molecule has 0 bridgehead atoms. The van der Waals surface area contributed by atoms with Crippen LogP contribution in [-0.4, -0.2) is 27.1 Å². The number of nitrogens with one attached hydrogen (secondary N) is 1. The molecule has 1 amide bonds. The molecule has 1 saturated carbocycles. The van der Waals surface area contributed by atoms with Crippen LogP contribution in [0.1, 0.15) is 26.2 Å². The standard InChI is InChI=1S/C10H15N5O/c1-10(4-2-3-7(10)11)8(16)14-9-12-5-6-13-15-9/h5-7H,2-4,11H2,1H3,(H,12,14,15,16). The Morgan fingerprint density at radius 1 is 1.62 bits per heavy atom. The summed E-state index contributed by atoms with van der Waals surface area (Å²) >= 11 is 0. The zero-order chi connectivity index (χ0) is 11.6. The molecule has 1 fully saturated rings. The molecule has 0 radical (unpaired) electrons. The lowest BCUT2D eigenvalue weighted by Crippen LogP contribution is -2.44. The fourth-order valence-electron chi connectivity index (χ4n) is 2.02. The molecule has 0 aliphatic heterocycles. The molecular formula is C10H15N5O. The van der Waals surface area contributed by atoms with E-state index in [4.69, 9.17) is 5.73 Å². The maximum Gasteiger partial charge on any atom is 0.249 e. The normalized spacial score (nSPS) is 29.0. The maximum atomic E-state index is 12.0. The van der Waals surface area contributed by atoms with Crippen molar-refractivity contribution < 1.29 is 4.79 Å². The Balaban J connectivity index is 2.09. The number of aromatic nitrogens is 3. The predicted octanol–water partition coefficient (Wildman–Crippen LogP) is 0.328. The summed E-state index contributed by atoms with van der Waals surface area (Å²) in [5.41, 5.74) is 5.44. The third kappa shape index (κ3) is 1.88. The van der Waals surface area contributed by atoms with Gasteiger partial charge in [0.05, 0.1) is 17.8 Å². The molecule has 1 heterocycles. The summed E-state index contributed by atoms with van der Waals surface area (Å²) in [5, 5.41) is 10.0. The van der Waals surface area contributed by atoms with E-state index in [1.54, 1.807) is 0 Å². The highest BCUT2D eigenvalue weighted by Crippen LogP contribution is 2.37. The Morgan fingerprint density at radius 3 is 3.00 bits per heavy atom. The van der Waals surface area contributed by atoms with Gasteiger partial charge < -0.3 is 5.73 Å². The molecule has 2 unspecified atom stereocenters. The summed E-state index contributed by atoms with van der Waals surface area (Å²) < 4.78 is 0. The van der Waals surface area contributed by atoms with Crippen LogP contribution in [0.25, 0.3) is 0 Å². The predicted molar refractivity (Wildman–Crippen MR) is 58.4 cm³/mol. The second-order valence-corrected chi connectivity index (χ2v) is 4.34. The van der Waals surface area contributed by atoms with Gasteiger partial charge in [0, 0.05) is 6.04 Å². The number of hydrogen-bond donors (Lipinski definition) is 2. The molecule has 0 spiro atoms. The Labute approximate surface area is 93.7 Å². The Morgan fingerprint density at radius 2 is 2.44 bits per heavy atom. The summed E-state index contributed by atoms with van der Waals surface area (Å²) in [7, 11) is 0. The number of anilines is 1. The van der Waals surface area contributed by atoms with Gasteiger partial charge in [0.2, 0.25) is 11.9 Å². The summed E-state index contributed by atoms with van der Waals surface area (Å²) in [4.78, 5) is 15.9. The second kappa shape index (κ2) is 4.13. The van der Waals surface area contributed by atoms with Gasteiger partial charge >= 0.3 is 0 Å². The lowest BCUT2D eigenvalue weighted by molar-refractivity contribution is -0.125. The SMILES string of the molecule is CC1(C(=O)Nc2nccnn2)CCCC1N. The molecule has 6 nitrogen and oxygen atoms in total. The van der Waals surface area contributed by atoms with Crippen molar-refractivity contribution in [2.45, 2.75) is 32.2 Å². The summed E-state index contributed by atoms with van der Waals surface area (Å²) in [6, 6.07) is -0.0934. The number of hydrogen-bond acceptors (Lipinski definition) is 5. The van der Waals surface area contributed by atoms with Crippen LogP contribution in [0.5, 0.6) is 0 Å². The van der Waals surface area contributed by atoms with Crippen molar-refractivity contribution in [2.75, 3.05) is 5.32 Å². The van der Waals surface area contributed by atoms with E-state index < -0.39 is 5.41 Å². The molecule has 86 valence electrons. The highest BCUT2D eigenvalue weighted by atomic mass is 16.2. The molecular weight excluding hydrogens is 206 g/mol. The van der Waals surface area contributed by atoms with Crippen LogP contribution in [0.15, 0.2) is 12.4 Å². The number of nitrogens with two attached hydrogens (primary N) is 1. The third-order valence-corrected chi connectivity index (χ3v) is 3.26. The Bertz CT molecular complexity index is 382. The Hall–Kier alpha value is -1.56. The van der Waals surface area contributed by atoms with Gasteiger partial charge in [-0.15, -0.1) is 5.10 Å². The summed E-state index contributed by atoms with van der Waals surface area (Å²) in [6.07, 6.45) is 5.62.